The van der Waals surface area contributed by atoms with E-state index in [9.17, 15) is 9.65 Å². The van der Waals surface area contributed by atoms with Crippen molar-refractivity contribution in [3.63, 3.8) is 0 Å². The van der Waals surface area contributed by atoms with Gasteiger partial charge in [0.2, 0.25) is 0 Å². The monoisotopic (exact) mass is 519 g/mol. The molecule has 6 heterocycles. The summed E-state index contributed by atoms with van der Waals surface area (Å²) in [5, 5.41) is 13.5. The van der Waals surface area contributed by atoms with Crippen molar-refractivity contribution >= 4 is 22.7 Å². The fraction of sp³-hybridized carbons (Fsp3) is 0.519. The minimum atomic E-state index is -0.422. The van der Waals surface area contributed by atoms with Crippen LogP contribution in [0.3, 0.4) is 0 Å². The number of pyridine rings is 2. The lowest BCUT2D eigenvalue weighted by Crippen LogP contribution is -2.65. The van der Waals surface area contributed by atoms with Crippen LogP contribution in [0.5, 0.6) is 0 Å². The summed E-state index contributed by atoms with van der Waals surface area (Å²) < 4.78 is 22.3. The SMILES string of the molecule is C[C@@H]1CN(c2ccc(C#N)n3ncc(F)c23)C[C@H](CN2CCN(c3ccc(N4CC(C)(N)C4)nc3)CC2)O1. The second kappa shape index (κ2) is 9.69. The number of rotatable bonds is 5. The van der Waals surface area contributed by atoms with E-state index in [2.05, 4.69) is 61.7 Å². The number of fused-ring (bicyclic) bond motifs is 1. The number of nitriles is 1. The molecule has 0 aromatic carbocycles. The van der Waals surface area contributed by atoms with Gasteiger partial charge in [-0.05, 0) is 38.1 Å². The van der Waals surface area contributed by atoms with Crippen LogP contribution in [0.4, 0.5) is 21.6 Å². The van der Waals surface area contributed by atoms with Crippen LogP contribution in [0, 0.1) is 17.1 Å². The van der Waals surface area contributed by atoms with E-state index in [4.69, 9.17) is 10.5 Å². The highest BCUT2D eigenvalue weighted by Gasteiger charge is 2.35. The van der Waals surface area contributed by atoms with Gasteiger partial charge in [0.15, 0.2) is 5.82 Å². The Hall–Kier alpha value is -3.46. The molecule has 38 heavy (non-hydrogen) atoms. The van der Waals surface area contributed by atoms with Crippen molar-refractivity contribution in [3.05, 3.63) is 48.2 Å². The number of anilines is 3. The molecule has 2 N–H and O–H groups in total. The van der Waals surface area contributed by atoms with Crippen LogP contribution in [0.15, 0.2) is 36.7 Å². The molecule has 0 radical (unpaired) electrons. The van der Waals surface area contributed by atoms with Gasteiger partial charge in [-0.3, -0.25) is 4.90 Å². The molecule has 0 bridgehead atoms. The molecule has 0 amide bonds. The third kappa shape index (κ3) is 4.75. The summed E-state index contributed by atoms with van der Waals surface area (Å²) in [6, 6.07) is 9.85. The van der Waals surface area contributed by atoms with Crippen LogP contribution in [-0.4, -0.2) is 96.1 Å². The largest absolute Gasteiger partial charge is 0.370 e. The molecular weight excluding hydrogens is 485 g/mol. The number of hydrogen-bond acceptors (Lipinski definition) is 9. The van der Waals surface area contributed by atoms with Crippen molar-refractivity contribution in [3.8, 4) is 6.07 Å². The fourth-order valence-corrected chi connectivity index (χ4v) is 5.95. The van der Waals surface area contributed by atoms with Crippen LogP contribution in [0.25, 0.3) is 5.52 Å². The molecule has 6 rings (SSSR count). The van der Waals surface area contributed by atoms with E-state index in [1.807, 2.05) is 12.3 Å². The first kappa shape index (κ1) is 24.9. The van der Waals surface area contributed by atoms with Gasteiger partial charge in [0.25, 0.3) is 0 Å². The second-order valence-corrected chi connectivity index (χ2v) is 11.1. The van der Waals surface area contributed by atoms with Gasteiger partial charge in [-0.15, -0.1) is 0 Å². The van der Waals surface area contributed by atoms with Crippen molar-refractivity contribution in [2.45, 2.75) is 31.6 Å². The molecule has 3 aromatic rings. The van der Waals surface area contributed by atoms with E-state index >= 15 is 0 Å². The molecule has 0 unspecified atom stereocenters. The van der Waals surface area contributed by atoms with Gasteiger partial charge in [-0.2, -0.15) is 10.4 Å². The molecule has 0 aliphatic carbocycles. The predicted octanol–water partition coefficient (Wildman–Crippen LogP) is 1.69. The molecule has 200 valence electrons. The Balaban J connectivity index is 1.07. The summed E-state index contributed by atoms with van der Waals surface area (Å²) >= 11 is 0. The summed E-state index contributed by atoms with van der Waals surface area (Å²) in [5.74, 6) is 0.563. The van der Waals surface area contributed by atoms with Crippen molar-refractivity contribution in [1.29, 1.82) is 5.26 Å². The van der Waals surface area contributed by atoms with Gasteiger partial charge in [0, 0.05) is 64.4 Å². The maximum Gasteiger partial charge on any atom is 0.171 e. The first-order valence-electron chi connectivity index (χ1n) is 13.2. The smallest absolute Gasteiger partial charge is 0.171 e. The number of halogens is 1. The molecule has 11 heteroatoms. The minimum absolute atomic E-state index is 0.00215. The highest BCUT2D eigenvalue weighted by molar-refractivity contribution is 5.74. The molecule has 3 fully saturated rings. The van der Waals surface area contributed by atoms with Crippen LogP contribution in [0.1, 0.15) is 19.5 Å². The van der Waals surface area contributed by atoms with Crippen LogP contribution in [-0.2, 0) is 4.74 Å². The molecule has 0 spiro atoms. The Morgan fingerprint density at radius 1 is 1.08 bits per heavy atom. The standard InChI is InChI=1S/C27H34FN9O/c1-19-14-35(24-5-3-20(11-29)37-26(24)23(28)13-32-37)16-22(38-19)15-33-7-9-34(10-8-33)21-4-6-25(31-12-21)36-17-27(2,30)18-36/h3-6,12-13,19,22H,7-10,14-18,30H2,1-2H3/t19-,22+/m1/s1. The van der Waals surface area contributed by atoms with E-state index in [1.54, 1.807) is 6.07 Å². The number of morpholine rings is 1. The molecular formula is C27H34FN9O. The van der Waals surface area contributed by atoms with E-state index in [1.165, 1.54) is 10.7 Å². The first-order chi connectivity index (χ1) is 18.3. The topological polar surface area (TPSA) is 102 Å². The Morgan fingerprint density at radius 3 is 2.55 bits per heavy atom. The zero-order valence-electron chi connectivity index (χ0n) is 21.9. The Bertz CT molecular complexity index is 1340. The normalized spacial score (nSPS) is 23.9. The highest BCUT2D eigenvalue weighted by atomic mass is 19.1. The quantitative estimate of drug-likeness (QED) is 0.540. The van der Waals surface area contributed by atoms with Crippen molar-refractivity contribution in [2.24, 2.45) is 5.73 Å². The lowest BCUT2D eigenvalue weighted by molar-refractivity contribution is -0.0327. The predicted molar refractivity (Wildman–Crippen MR) is 144 cm³/mol. The molecule has 0 saturated carbocycles. The average Bonchev–Trinajstić information content (AvgIpc) is 3.28. The van der Waals surface area contributed by atoms with Gasteiger partial charge in [-0.1, -0.05) is 0 Å². The van der Waals surface area contributed by atoms with Gasteiger partial charge in [0.1, 0.15) is 23.1 Å². The number of hydrogen-bond donors (Lipinski definition) is 1. The number of nitrogens with two attached hydrogens (primary N) is 1. The fourth-order valence-electron chi connectivity index (χ4n) is 5.95. The lowest BCUT2D eigenvalue weighted by atomic mass is 9.94. The van der Waals surface area contributed by atoms with Crippen molar-refractivity contribution < 1.29 is 9.13 Å². The zero-order valence-corrected chi connectivity index (χ0v) is 21.9. The second-order valence-electron chi connectivity index (χ2n) is 11.1. The van der Waals surface area contributed by atoms with Gasteiger partial charge >= 0.3 is 0 Å². The van der Waals surface area contributed by atoms with Gasteiger partial charge in [0.05, 0.1) is 36.0 Å². The van der Waals surface area contributed by atoms with Crippen molar-refractivity contribution in [2.75, 3.05) is 73.6 Å². The van der Waals surface area contributed by atoms with Crippen LogP contribution >= 0.6 is 0 Å². The molecule has 3 aliphatic heterocycles. The summed E-state index contributed by atoms with van der Waals surface area (Å²) in [4.78, 5) is 13.9. The maximum atomic E-state index is 14.7. The summed E-state index contributed by atoms with van der Waals surface area (Å²) in [6.07, 6.45) is 3.14. The lowest BCUT2D eigenvalue weighted by Gasteiger charge is -2.46. The first-order valence-corrected chi connectivity index (χ1v) is 13.2. The summed E-state index contributed by atoms with van der Waals surface area (Å²) in [7, 11) is 0. The molecule has 2 atom stereocenters. The zero-order chi connectivity index (χ0) is 26.4. The molecule has 3 aliphatic rings. The van der Waals surface area contributed by atoms with E-state index < -0.39 is 5.82 Å². The minimum Gasteiger partial charge on any atom is -0.370 e. The Kier molecular flexibility index (Phi) is 6.34. The summed E-state index contributed by atoms with van der Waals surface area (Å²) in [5.41, 5.74) is 8.56. The van der Waals surface area contributed by atoms with Crippen molar-refractivity contribution in [1.82, 2.24) is 19.5 Å². The average molecular weight is 520 g/mol. The van der Waals surface area contributed by atoms with E-state index in [0.717, 1.165) is 63.0 Å². The third-order valence-corrected chi connectivity index (χ3v) is 7.74. The molecule has 10 nitrogen and oxygen atoms in total. The number of aromatic nitrogens is 3. The van der Waals surface area contributed by atoms with E-state index in [-0.39, 0.29) is 17.7 Å². The number of nitrogens with zero attached hydrogens (tertiary/aromatic N) is 8. The summed E-state index contributed by atoms with van der Waals surface area (Å²) in [6.45, 7) is 11.6. The Labute approximate surface area is 222 Å². The van der Waals surface area contributed by atoms with E-state index in [0.29, 0.717) is 24.3 Å². The maximum absolute atomic E-state index is 14.7. The van der Waals surface area contributed by atoms with Crippen LogP contribution < -0.4 is 20.4 Å². The highest BCUT2D eigenvalue weighted by Crippen LogP contribution is 2.29. The van der Waals surface area contributed by atoms with Crippen LogP contribution in [0.2, 0.25) is 0 Å². The number of ether oxygens (including phenoxy) is 1. The van der Waals surface area contributed by atoms with Gasteiger partial charge in [-0.25, -0.2) is 13.9 Å². The Morgan fingerprint density at radius 2 is 1.87 bits per heavy atom. The molecule has 3 aromatic heterocycles. The molecule has 3 saturated heterocycles. The number of piperazine rings is 1. The third-order valence-electron chi connectivity index (χ3n) is 7.74. The van der Waals surface area contributed by atoms with Gasteiger partial charge < -0.3 is 25.2 Å².